The highest BCUT2D eigenvalue weighted by molar-refractivity contribution is 7.80. The Balaban J connectivity index is 1.85. The summed E-state index contributed by atoms with van der Waals surface area (Å²) < 4.78 is 0. The summed E-state index contributed by atoms with van der Waals surface area (Å²) in [5.41, 5.74) is 8.98. The zero-order valence-corrected chi connectivity index (χ0v) is 12.5. The molecular weight excluding hydrogens is 264 g/mol. The van der Waals surface area contributed by atoms with Gasteiger partial charge in [-0.3, -0.25) is 0 Å². The molecule has 104 valence electrons. The number of hydrogen-bond donors (Lipinski definition) is 2. The first-order valence-electron chi connectivity index (χ1n) is 6.85. The van der Waals surface area contributed by atoms with Crippen LogP contribution in [-0.4, -0.2) is 11.0 Å². The van der Waals surface area contributed by atoms with Gasteiger partial charge in [0.2, 0.25) is 0 Å². The van der Waals surface area contributed by atoms with Gasteiger partial charge in [0.1, 0.15) is 4.99 Å². The summed E-state index contributed by atoms with van der Waals surface area (Å²) in [5, 5.41) is 3.49. The summed E-state index contributed by atoms with van der Waals surface area (Å²) in [7, 11) is 0. The Morgan fingerprint density at radius 1 is 1.10 bits per heavy atom. The summed E-state index contributed by atoms with van der Waals surface area (Å²) in [6.45, 7) is 2.20. The lowest BCUT2D eigenvalue weighted by molar-refractivity contribution is 0.706. The molecule has 3 heteroatoms. The fraction of sp³-hybridized carbons (Fsp3) is 0.235. The molecule has 0 fully saturated rings. The standard InChI is InChI=1S/C17H20N2S/c1-13(7-8-14-5-3-2-4-6-14)19-16-11-9-15(10-12-16)17(18)20/h2-6,9-13,19H,7-8H2,1H3,(H2,18,20). The monoisotopic (exact) mass is 284 g/mol. The van der Waals surface area contributed by atoms with Crippen LogP contribution in [0.15, 0.2) is 54.6 Å². The first-order valence-corrected chi connectivity index (χ1v) is 7.26. The van der Waals surface area contributed by atoms with Crippen LogP contribution in [-0.2, 0) is 6.42 Å². The highest BCUT2D eigenvalue weighted by Gasteiger charge is 2.03. The van der Waals surface area contributed by atoms with Crippen LogP contribution in [0, 0.1) is 0 Å². The first kappa shape index (κ1) is 14.5. The van der Waals surface area contributed by atoms with E-state index < -0.39 is 0 Å². The second-order valence-electron chi connectivity index (χ2n) is 5.01. The Hall–Kier alpha value is -1.87. The molecule has 0 radical (unpaired) electrons. The van der Waals surface area contributed by atoms with Crippen LogP contribution in [0.4, 0.5) is 5.69 Å². The molecule has 0 spiro atoms. The summed E-state index contributed by atoms with van der Waals surface area (Å²) >= 11 is 4.95. The largest absolute Gasteiger partial charge is 0.389 e. The minimum Gasteiger partial charge on any atom is -0.389 e. The average Bonchev–Trinajstić information content (AvgIpc) is 2.47. The molecule has 0 saturated carbocycles. The SMILES string of the molecule is CC(CCc1ccccc1)Nc1ccc(C(N)=S)cc1. The molecule has 1 unspecified atom stereocenters. The second-order valence-corrected chi connectivity index (χ2v) is 5.45. The quantitative estimate of drug-likeness (QED) is 0.793. The van der Waals surface area contributed by atoms with E-state index in [1.165, 1.54) is 5.56 Å². The first-order chi connectivity index (χ1) is 9.65. The van der Waals surface area contributed by atoms with Crippen molar-refractivity contribution in [1.29, 1.82) is 0 Å². The van der Waals surface area contributed by atoms with Gasteiger partial charge in [0, 0.05) is 17.3 Å². The predicted octanol–water partition coefficient (Wildman–Crippen LogP) is 3.75. The third kappa shape index (κ3) is 4.35. The van der Waals surface area contributed by atoms with Crippen LogP contribution in [0.2, 0.25) is 0 Å². The average molecular weight is 284 g/mol. The molecular formula is C17H20N2S. The number of aryl methyl sites for hydroxylation is 1. The van der Waals surface area contributed by atoms with Crippen molar-refractivity contribution in [2.24, 2.45) is 5.73 Å². The molecule has 3 N–H and O–H groups in total. The number of anilines is 1. The fourth-order valence-corrected chi connectivity index (χ4v) is 2.25. The number of nitrogens with two attached hydrogens (primary N) is 1. The topological polar surface area (TPSA) is 38.0 Å². The lowest BCUT2D eigenvalue weighted by Gasteiger charge is -2.15. The molecule has 20 heavy (non-hydrogen) atoms. The van der Waals surface area contributed by atoms with Crippen LogP contribution in [0.1, 0.15) is 24.5 Å². The van der Waals surface area contributed by atoms with Crippen molar-refractivity contribution >= 4 is 22.9 Å². The summed E-state index contributed by atoms with van der Waals surface area (Å²) in [4.78, 5) is 0.439. The van der Waals surface area contributed by atoms with E-state index in [0.29, 0.717) is 11.0 Å². The zero-order chi connectivity index (χ0) is 14.4. The minimum absolute atomic E-state index is 0.422. The lowest BCUT2D eigenvalue weighted by atomic mass is 10.1. The van der Waals surface area contributed by atoms with E-state index in [4.69, 9.17) is 18.0 Å². The Bertz CT molecular complexity index is 549. The van der Waals surface area contributed by atoms with Crippen molar-refractivity contribution < 1.29 is 0 Å². The van der Waals surface area contributed by atoms with Crippen LogP contribution in [0.25, 0.3) is 0 Å². The van der Waals surface area contributed by atoms with Crippen LogP contribution in [0.5, 0.6) is 0 Å². The highest BCUT2D eigenvalue weighted by Crippen LogP contribution is 2.13. The Labute approximate surface area is 126 Å². The van der Waals surface area contributed by atoms with Crippen LogP contribution >= 0.6 is 12.2 Å². The van der Waals surface area contributed by atoms with Crippen molar-refractivity contribution in [2.75, 3.05) is 5.32 Å². The van der Waals surface area contributed by atoms with Gasteiger partial charge in [0.05, 0.1) is 0 Å². The number of hydrogen-bond acceptors (Lipinski definition) is 2. The highest BCUT2D eigenvalue weighted by atomic mass is 32.1. The van der Waals surface area contributed by atoms with Gasteiger partial charge >= 0.3 is 0 Å². The van der Waals surface area contributed by atoms with Gasteiger partial charge in [0.15, 0.2) is 0 Å². The van der Waals surface area contributed by atoms with Crippen molar-refractivity contribution in [3.63, 3.8) is 0 Å². The van der Waals surface area contributed by atoms with Gasteiger partial charge in [-0.1, -0.05) is 42.5 Å². The molecule has 0 aromatic heterocycles. The van der Waals surface area contributed by atoms with Gasteiger partial charge in [-0.2, -0.15) is 0 Å². The van der Waals surface area contributed by atoms with E-state index in [-0.39, 0.29) is 0 Å². The molecule has 0 heterocycles. The van der Waals surface area contributed by atoms with Gasteiger partial charge in [0.25, 0.3) is 0 Å². The fourth-order valence-electron chi connectivity index (χ4n) is 2.12. The lowest BCUT2D eigenvalue weighted by Crippen LogP contribution is -2.16. The zero-order valence-electron chi connectivity index (χ0n) is 11.7. The Kier molecular flexibility index (Phi) is 5.13. The van der Waals surface area contributed by atoms with Crippen molar-refractivity contribution in [3.8, 4) is 0 Å². The number of rotatable bonds is 6. The van der Waals surface area contributed by atoms with Gasteiger partial charge < -0.3 is 11.1 Å². The minimum atomic E-state index is 0.422. The molecule has 0 aliphatic heterocycles. The van der Waals surface area contributed by atoms with Crippen molar-refractivity contribution in [3.05, 3.63) is 65.7 Å². The number of thiocarbonyl (C=S) groups is 1. The van der Waals surface area contributed by atoms with E-state index >= 15 is 0 Å². The van der Waals surface area contributed by atoms with Crippen molar-refractivity contribution in [1.82, 2.24) is 0 Å². The summed E-state index contributed by atoms with van der Waals surface area (Å²) in [5.74, 6) is 0. The molecule has 2 rings (SSSR count). The maximum Gasteiger partial charge on any atom is 0.103 e. The van der Waals surface area contributed by atoms with E-state index in [0.717, 1.165) is 24.1 Å². The normalized spacial score (nSPS) is 11.8. The maximum atomic E-state index is 5.59. The van der Waals surface area contributed by atoms with Crippen molar-refractivity contribution in [2.45, 2.75) is 25.8 Å². The number of benzene rings is 2. The van der Waals surface area contributed by atoms with E-state index in [1.54, 1.807) is 0 Å². The van der Waals surface area contributed by atoms with Crippen LogP contribution in [0.3, 0.4) is 0 Å². The van der Waals surface area contributed by atoms with Gasteiger partial charge in [-0.25, -0.2) is 0 Å². The molecule has 0 saturated heterocycles. The predicted molar refractivity (Wildman–Crippen MR) is 90.2 cm³/mol. The van der Waals surface area contributed by atoms with Crippen LogP contribution < -0.4 is 11.1 Å². The van der Waals surface area contributed by atoms with Gasteiger partial charge in [-0.05, 0) is 49.6 Å². The molecule has 0 amide bonds. The molecule has 0 aliphatic carbocycles. The third-order valence-corrected chi connectivity index (χ3v) is 3.53. The van der Waals surface area contributed by atoms with E-state index in [2.05, 4.69) is 42.6 Å². The van der Waals surface area contributed by atoms with E-state index in [9.17, 15) is 0 Å². The third-order valence-electron chi connectivity index (χ3n) is 3.29. The Morgan fingerprint density at radius 3 is 2.35 bits per heavy atom. The van der Waals surface area contributed by atoms with Gasteiger partial charge in [-0.15, -0.1) is 0 Å². The van der Waals surface area contributed by atoms with E-state index in [1.807, 2.05) is 24.3 Å². The Morgan fingerprint density at radius 2 is 1.75 bits per heavy atom. The summed E-state index contributed by atoms with van der Waals surface area (Å²) in [6.07, 6.45) is 2.18. The summed E-state index contributed by atoms with van der Waals surface area (Å²) in [6, 6.07) is 18.9. The molecule has 2 aromatic rings. The maximum absolute atomic E-state index is 5.59. The molecule has 2 nitrogen and oxygen atoms in total. The number of nitrogens with one attached hydrogen (secondary N) is 1. The molecule has 2 aromatic carbocycles. The smallest absolute Gasteiger partial charge is 0.103 e. The molecule has 1 atom stereocenters. The molecule has 0 bridgehead atoms. The molecule has 0 aliphatic rings. The second kappa shape index (κ2) is 7.06.